The maximum atomic E-state index is 10.7. The molecule has 0 radical (unpaired) electrons. The van der Waals surface area contributed by atoms with E-state index in [-0.39, 0.29) is 0 Å². The number of hydrogen-bond donors (Lipinski definition) is 1. The highest BCUT2D eigenvalue weighted by molar-refractivity contribution is 7.86. The molecule has 0 unspecified atom stereocenters. The molecule has 3 rings (SSSR count). The monoisotopic (exact) mass is 474 g/mol. The van der Waals surface area contributed by atoms with Gasteiger partial charge in [0.15, 0.2) is 15.8 Å². The lowest BCUT2D eigenvalue weighted by molar-refractivity contribution is -0.667. The van der Waals surface area contributed by atoms with E-state index in [2.05, 4.69) is 34.0 Å². The second kappa shape index (κ2) is 10.3. The van der Waals surface area contributed by atoms with Gasteiger partial charge in [-0.2, -0.15) is 17.7 Å². The van der Waals surface area contributed by atoms with Crippen molar-refractivity contribution >= 4 is 44.1 Å². The molecular weight excluding hydrogens is 453 g/mol. The zero-order valence-electron chi connectivity index (χ0n) is 16.7. The van der Waals surface area contributed by atoms with Crippen molar-refractivity contribution < 1.29 is 35.4 Å². The van der Waals surface area contributed by atoms with Gasteiger partial charge in [0.1, 0.15) is 0 Å². The van der Waals surface area contributed by atoms with Gasteiger partial charge >= 0.3 is 5.51 Å². The van der Waals surface area contributed by atoms with Crippen molar-refractivity contribution in [2.24, 2.45) is 0 Å². The Morgan fingerprint density at radius 3 is 2.55 bits per heavy atom. The predicted molar refractivity (Wildman–Crippen MR) is 113 cm³/mol. The van der Waals surface area contributed by atoms with E-state index in [4.69, 9.17) is 36.3 Å². The quantitative estimate of drug-likeness (QED) is 0.241. The normalized spacial score (nSPS) is 13.4. The molecule has 1 heterocycles. The van der Waals surface area contributed by atoms with Crippen molar-refractivity contribution in [1.82, 2.24) is 0 Å². The van der Waals surface area contributed by atoms with Crippen LogP contribution in [-0.2, 0) is 34.2 Å². The van der Waals surface area contributed by atoms with Crippen LogP contribution in [0.1, 0.15) is 31.0 Å². The maximum Gasteiger partial charge on any atom is 0.485 e. The summed E-state index contributed by atoms with van der Waals surface area (Å²) in [6, 6.07) is 8.54. The van der Waals surface area contributed by atoms with Crippen LogP contribution >= 0.6 is 12.2 Å². The minimum absolute atomic E-state index is 0.404. The molecular formula is C20H21F3N2O4S2. The summed E-state index contributed by atoms with van der Waals surface area (Å²) < 4.78 is 66.5. The fraction of sp³-hybridized carbons (Fsp3) is 0.400. The molecule has 0 saturated carbocycles. The number of anilines is 1. The lowest BCUT2D eigenvalue weighted by atomic mass is 9.94. The largest absolute Gasteiger partial charge is 0.741 e. The number of aryl methyl sites for hydroxylation is 1. The summed E-state index contributed by atoms with van der Waals surface area (Å²) in [6.45, 7) is 3.10. The minimum atomic E-state index is -6.09. The van der Waals surface area contributed by atoms with Crippen LogP contribution in [0.5, 0.6) is 0 Å². The van der Waals surface area contributed by atoms with Gasteiger partial charge in [0.25, 0.3) is 5.17 Å². The fourth-order valence-electron chi connectivity index (χ4n) is 3.26. The number of nitrogens with one attached hydrogen (secondary N) is 1. The Morgan fingerprint density at radius 1 is 1.32 bits per heavy atom. The Labute approximate surface area is 184 Å². The summed E-state index contributed by atoms with van der Waals surface area (Å²) in [5.74, 6) is 2.80. The number of ether oxygens (including phenoxy) is 1. The van der Waals surface area contributed by atoms with Crippen molar-refractivity contribution in [3.63, 3.8) is 0 Å². The van der Waals surface area contributed by atoms with E-state index < -0.39 is 15.6 Å². The summed E-state index contributed by atoms with van der Waals surface area (Å²) in [5, 5.41) is 4.72. The molecule has 11 heteroatoms. The lowest BCUT2D eigenvalue weighted by Crippen LogP contribution is -2.41. The number of rotatable bonds is 3. The summed E-state index contributed by atoms with van der Waals surface area (Å²) in [6.07, 6.45) is 10.3. The second-order valence-corrected chi connectivity index (χ2v) is 8.37. The summed E-state index contributed by atoms with van der Waals surface area (Å²) in [4.78, 5) is 0. The standard InChI is InChI=1S/C19H20N2OS.CHF3O3S/c1-3-11-21-17-8-6-5-7-14(17)12-15-13-16(9-10-18(15)21)20-19(23)22-4-2;2-1(3,4)8(5,6)7/h1,9-10,12-13H,4-8,11H2,2H3;(H,5,6,7). The average Bonchev–Trinajstić information content (AvgIpc) is 2.67. The smallest absolute Gasteiger partial charge is 0.485 e. The number of aromatic nitrogens is 1. The summed E-state index contributed by atoms with van der Waals surface area (Å²) in [5.41, 5.74) is -0.710. The molecule has 168 valence electrons. The molecule has 1 N–H and O–H groups in total. The molecule has 6 nitrogen and oxygen atoms in total. The van der Waals surface area contributed by atoms with Gasteiger partial charge in [0, 0.05) is 29.1 Å². The lowest BCUT2D eigenvalue weighted by Gasteiger charge is -2.16. The molecule has 0 fully saturated rings. The van der Waals surface area contributed by atoms with Crippen molar-refractivity contribution in [2.45, 2.75) is 44.7 Å². The van der Waals surface area contributed by atoms with Gasteiger partial charge in [0.05, 0.1) is 6.61 Å². The molecule has 0 spiro atoms. The number of fused-ring (bicyclic) bond motifs is 2. The zero-order chi connectivity index (χ0) is 23.2. The first-order valence-corrected chi connectivity index (χ1v) is 11.2. The average molecular weight is 475 g/mol. The SMILES string of the molecule is C#CC[n+]1c2c(cc3cc(NC(=S)OCC)ccc31)CCCC2.O=S(=O)([O-])C(F)(F)F. The highest BCUT2D eigenvalue weighted by Crippen LogP contribution is 2.25. The Hall–Kier alpha value is -2.42. The summed E-state index contributed by atoms with van der Waals surface area (Å²) in [7, 11) is -6.09. The number of alkyl halides is 3. The topological polar surface area (TPSA) is 82.3 Å². The number of pyridine rings is 1. The number of hydrogen-bond acceptors (Lipinski definition) is 5. The van der Waals surface area contributed by atoms with Crippen molar-refractivity contribution in [2.75, 3.05) is 11.9 Å². The van der Waals surface area contributed by atoms with Crippen LogP contribution in [0.15, 0.2) is 24.3 Å². The maximum absolute atomic E-state index is 10.7. The van der Waals surface area contributed by atoms with Crippen LogP contribution in [0.2, 0.25) is 0 Å². The highest BCUT2D eigenvalue weighted by Gasteiger charge is 2.36. The van der Waals surface area contributed by atoms with E-state index in [9.17, 15) is 13.2 Å². The van der Waals surface area contributed by atoms with Crippen molar-refractivity contribution in [1.29, 1.82) is 0 Å². The Morgan fingerprint density at radius 2 is 1.97 bits per heavy atom. The van der Waals surface area contributed by atoms with Crippen molar-refractivity contribution in [3.8, 4) is 12.3 Å². The highest BCUT2D eigenvalue weighted by atomic mass is 32.2. The van der Waals surface area contributed by atoms with E-state index in [1.54, 1.807) is 0 Å². The second-order valence-electron chi connectivity index (χ2n) is 6.63. The number of terminal acetylenes is 1. The first-order valence-electron chi connectivity index (χ1n) is 9.35. The van der Waals surface area contributed by atoms with Crippen LogP contribution in [0, 0.1) is 12.3 Å². The van der Waals surface area contributed by atoms with E-state index in [1.165, 1.54) is 35.0 Å². The number of halogens is 3. The number of thiocarbonyl (C=S) groups is 1. The van der Waals surface area contributed by atoms with E-state index in [1.807, 2.05) is 13.0 Å². The molecule has 0 saturated heterocycles. The van der Waals surface area contributed by atoms with Gasteiger partial charge in [0.2, 0.25) is 12.1 Å². The van der Waals surface area contributed by atoms with Gasteiger partial charge in [-0.15, -0.1) is 6.42 Å². The fourth-order valence-corrected chi connectivity index (χ4v) is 3.50. The zero-order valence-corrected chi connectivity index (χ0v) is 18.3. The first kappa shape index (κ1) is 24.8. The van der Waals surface area contributed by atoms with Crippen LogP contribution < -0.4 is 9.88 Å². The molecule has 31 heavy (non-hydrogen) atoms. The molecule has 2 aromatic rings. The van der Waals surface area contributed by atoms with E-state index >= 15 is 0 Å². The molecule has 0 amide bonds. The number of benzene rings is 1. The van der Waals surface area contributed by atoms with Gasteiger partial charge in [-0.05, 0) is 62.5 Å². The molecule has 1 aliphatic carbocycles. The van der Waals surface area contributed by atoms with Crippen LogP contribution in [0.25, 0.3) is 10.9 Å². The van der Waals surface area contributed by atoms with Crippen LogP contribution in [0.4, 0.5) is 18.9 Å². The van der Waals surface area contributed by atoms with Crippen LogP contribution in [-0.4, -0.2) is 30.3 Å². The van der Waals surface area contributed by atoms with Gasteiger partial charge in [-0.25, -0.2) is 8.42 Å². The molecule has 0 aliphatic heterocycles. The Kier molecular flexibility index (Phi) is 8.22. The Balaban J connectivity index is 0.000000366. The molecule has 1 aromatic heterocycles. The van der Waals surface area contributed by atoms with Crippen molar-refractivity contribution in [3.05, 3.63) is 35.5 Å². The molecule has 1 aliphatic rings. The predicted octanol–water partition coefficient (Wildman–Crippen LogP) is 3.42. The third-order valence-electron chi connectivity index (χ3n) is 4.51. The van der Waals surface area contributed by atoms with Gasteiger partial charge < -0.3 is 14.6 Å². The Bertz CT molecular complexity index is 1110. The third kappa shape index (κ3) is 6.53. The minimum Gasteiger partial charge on any atom is -0.741 e. The summed E-state index contributed by atoms with van der Waals surface area (Å²) >= 11 is 5.16. The first-order chi connectivity index (χ1) is 14.5. The molecule has 1 aromatic carbocycles. The van der Waals surface area contributed by atoms with Gasteiger partial charge in [-0.1, -0.05) is 0 Å². The molecule has 0 bridgehead atoms. The van der Waals surface area contributed by atoms with E-state index in [0.717, 1.165) is 18.5 Å². The van der Waals surface area contributed by atoms with Crippen LogP contribution in [0.3, 0.4) is 0 Å². The van der Waals surface area contributed by atoms with Gasteiger partial charge in [-0.3, -0.25) is 0 Å². The molecule has 0 atom stereocenters. The third-order valence-corrected chi connectivity index (χ3v) is 5.30. The van der Waals surface area contributed by atoms with E-state index in [0.29, 0.717) is 18.3 Å². The number of nitrogens with zero attached hydrogens (tertiary/aromatic N) is 1.